The lowest BCUT2D eigenvalue weighted by Crippen LogP contribution is -2.58. The van der Waals surface area contributed by atoms with Crippen molar-refractivity contribution >= 4 is 35.6 Å². The number of primary amides is 1. The van der Waals surface area contributed by atoms with E-state index in [0.29, 0.717) is 19.4 Å². The average Bonchev–Trinajstić information content (AvgIpc) is 2.77. The Hall–Kier alpha value is -3.30. The molecule has 0 saturated carbocycles. The SMILES string of the molecule is CC(O)C(N)C(=O)NC(CCC(N)=O)C(=O)NC(CCC(=O)O)C(=O)NC(CCCCN)C(=O)O. The van der Waals surface area contributed by atoms with E-state index in [1.165, 1.54) is 6.92 Å². The van der Waals surface area contributed by atoms with E-state index in [9.17, 15) is 39.0 Å². The monoisotopic (exact) mass is 504 g/mol. The average molecular weight is 505 g/mol. The van der Waals surface area contributed by atoms with Crippen LogP contribution in [0.25, 0.3) is 0 Å². The quantitative estimate of drug-likeness (QED) is 0.0825. The summed E-state index contributed by atoms with van der Waals surface area (Å²) in [5.41, 5.74) is 16.0. The number of hydrogen-bond acceptors (Lipinski definition) is 9. The lowest BCUT2D eigenvalue weighted by Gasteiger charge is -2.25. The Labute approximate surface area is 202 Å². The van der Waals surface area contributed by atoms with Gasteiger partial charge in [-0.15, -0.1) is 0 Å². The summed E-state index contributed by atoms with van der Waals surface area (Å²) in [4.78, 5) is 71.4. The summed E-state index contributed by atoms with van der Waals surface area (Å²) in [7, 11) is 0. The fraction of sp³-hybridized carbons (Fsp3) is 0.700. The van der Waals surface area contributed by atoms with Gasteiger partial charge in [-0.1, -0.05) is 0 Å². The molecule has 5 atom stereocenters. The second kappa shape index (κ2) is 16.3. The van der Waals surface area contributed by atoms with Crippen molar-refractivity contribution in [1.82, 2.24) is 16.0 Å². The molecule has 0 aromatic carbocycles. The van der Waals surface area contributed by atoms with Gasteiger partial charge < -0.3 is 48.5 Å². The molecule has 0 aromatic heterocycles. The number of carbonyl (C=O) groups excluding carboxylic acids is 4. The fourth-order valence-corrected chi connectivity index (χ4v) is 2.87. The summed E-state index contributed by atoms with van der Waals surface area (Å²) in [5.74, 6) is -6.19. The van der Waals surface area contributed by atoms with Gasteiger partial charge in [-0.3, -0.25) is 24.0 Å². The predicted octanol–water partition coefficient (Wildman–Crippen LogP) is -3.51. The van der Waals surface area contributed by atoms with Gasteiger partial charge in [0.2, 0.25) is 23.6 Å². The van der Waals surface area contributed by atoms with Gasteiger partial charge in [0.15, 0.2) is 0 Å². The third kappa shape index (κ3) is 13.2. The molecule has 0 saturated heterocycles. The zero-order valence-corrected chi connectivity index (χ0v) is 19.6. The number of aliphatic carboxylic acids is 2. The number of amides is 4. The molecule has 4 amide bonds. The van der Waals surface area contributed by atoms with Crippen LogP contribution in [0, 0.1) is 0 Å². The molecule has 0 spiro atoms. The summed E-state index contributed by atoms with van der Waals surface area (Å²) >= 11 is 0. The maximum Gasteiger partial charge on any atom is 0.326 e. The molecule has 0 rings (SSSR count). The van der Waals surface area contributed by atoms with E-state index in [1.54, 1.807) is 0 Å². The van der Waals surface area contributed by atoms with Crippen molar-refractivity contribution in [2.45, 2.75) is 82.1 Å². The highest BCUT2D eigenvalue weighted by molar-refractivity contribution is 5.94. The zero-order chi connectivity index (χ0) is 27.1. The van der Waals surface area contributed by atoms with Gasteiger partial charge >= 0.3 is 11.9 Å². The van der Waals surface area contributed by atoms with Crippen LogP contribution in [0.3, 0.4) is 0 Å². The van der Waals surface area contributed by atoms with Crippen LogP contribution >= 0.6 is 0 Å². The smallest absolute Gasteiger partial charge is 0.326 e. The second-order valence-electron chi connectivity index (χ2n) is 8.01. The predicted molar refractivity (Wildman–Crippen MR) is 121 cm³/mol. The zero-order valence-electron chi connectivity index (χ0n) is 19.6. The van der Waals surface area contributed by atoms with Gasteiger partial charge in [0.05, 0.1) is 6.10 Å². The van der Waals surface area contributed by atoms with Gasteiger partial charge in [-0.25, -0.2) is 4.79 Å². The first-order valence-electron chi connectivity index (χ1n) is 11.1. The minimum absolute atomic E-state index is 0.0619. The third-order valence-electron chi connectivity index (χ3n) is 4.98. The lowest BCUT2D eigenvalue weighted by atomic mass is 10.0. The highest BCUT2D eigenvalue weighted by atomic mass is 16.4. The van der Waals surface area contributed by atoms with E-state index in [-0.39, 0.29) is 25.7 Å². The molecule has 0 aliphatic carbocycles. The maximum atomic E-state index is 12.8. The number of aliphatic hydroxyl groups is 1. The van der Waals surface area contributed by atoms with Crippen LogP contribution < -0.4 is 33.2 Å². The van der Waals surface area contributed by atoms with Crippen LogP contribution in [0.15, 0.2) is 0 Å². The highest BCUT2D eigenvalue weighted by Gasteiger charge is 2.31. The molecule has 15 heteroatoms. The van der Waals surface area contributed by atoms with Crippen molar-refractivity contribution in [3.63, 3.8) is 0 Å². The molecule has 0 heterocycles. The molecule has 5 unspecified atom stereocenters. The number of nitrogens with two attached hydrogens (primary N) is 3. The first-order chi connectivity index (χ1) is 16.3. The normalized spacial score (nSPS) is 15.1. The Morgan fingerprint density at radius 2 is 1.26 bits per heavy atom. The molecule has 0 fully saturated rings. The lowest BCUT2D eigenvalue weighted by molar-refractivity contribution is -0.143. The summed E-state index contributed by atoms with van der Waals surface area (Å²) in [5, 5.41) is 34.6. The number of carboxylic acids is 2. The molecule has 0 aliphatic heterocycles. The van der Waals surface area contributed by atoms with E-state index in [4.69, 9.17) is 22.3 Å². The van der Waals surface area contributed by atoms with Crippen molar-refractivity contribution in [3.05, 3.63) is 0 Å². The van der Waals surface area contributed by atoms with Crippen molar-refractivity contribution in [2.24, 2.45) is 17.2 Å². The molecule has 35 heavy (non-hydrogen) atoms. The second-order valence-corrected chi connectivity index (χ2v) is 8.01. The first kappa shape index (κ1) is 31.7. The van der Waals surface area contributed by atoms with Crippen LogP contribution in [0.4, 0.5) is 0 Å². The number of hydrogen-bond donors (Lipinski definition) is 9. The Morgan fingerprint density at radius 1 is 0.771 bits per heavy atom. The largest absolute Gasteiger partial charge is 0.481 e. The van der Waals surface area contributed by atoms with Crippen molar-refractivity contribution in [1.29, 1.82) is 0 Å². The molecule has 12 N–H and O–H groups in total. The van der Waals surface area contributed by atoms with Gasteiger partial charge in [0, 0.05) is 12.8 Å². The Bertz CT molecular complexity index is 761. The number of carbonyl (C=O) groups is 6. The van der Waals surface area contributed by atoms with Crippen LogP contribution in [0.2, 0.25) is 0 Å². The van der Waals surface area contributed by atoms with E-state index in [1.807, 2.05) is 0 Å². The number of rotatable bonds is 18. The molecule has 0 aliphatic rings. The fourth-order valence-electron chi connectivity index (χ4n) is 2.87. The van der Waals surface area contributed by atoms with E-state index in [0.717, 1.165) is 0 Å². The standard InChI is InChI=1S/C20H36N6O9/c1-10(27)16(23)19(33)25-11(5-7-14(22)28)17(31)24-12(6-8-15(29)30)18(32)26-13(20(34)35)4-2-3-9-21/h10-13,16,27H,2-9,21,23H2,1H3,(H2,22,28)(H,24,31)(H,25,33)(H,26,32)(H,29,30)(H,34,35). The molecular weight excluding hydrogens is 468 g/mol. The minimum Gasteiger partial charge on any atom is -0.481 e. The summed E-state index contributed by atoms with van der Waals surface area (Å²) in [6, 6.07) is -5.56. The van der Waals surface area contributed by atoms with Crippen LogP contribution in [-0.2, 0) is 28.8 Å². The first-order valence-corrected chi connectivity index (χ1v) is 11.1. The van der Waals surface area contributed by atoms with E-state index < -0.39 is 72.3 Å². The molecule has 15 nitrogen and oxygen atoms in total. The Balaban J connectivity index is 5.59. The topological polar surface area (TPSA) is 277 Å². The van der Waals surface area contributed by atoms with Crippen molar-refractivity contribution < 1.29 is 44.1 Å². The summed E-state index contributed by atoms with van der Waals surface area (Å²) < 4.78 is 0. The van der Waals surface area contributed by atoms with Crippen molar-refractivity contribution in [3.8, 4) is 0 Å². The molecule has 0 radical (unpaired) electrons. The minimum atomic E-state index is -1.46. The van der Waals surface area contributed by atoms with Crippen molar-refractivity contribution in [2.75, 3.05) is 6.54 Å². The van der Waals surface area contributed by atoms with Gasteiger partial charge in [0.25, 0.3) is 0 Å². The molecule has 200 valence electrons. The third-order valence-corrected chi connectivity index (χ3v) is 4.98. The van der Waals surface area contributed by atoms with Gasteiger partial charge in [0.1, 0.15) is 24.2 Å². The molecule has 0 bridgehead atoms. The molecule has 0 aromatic rings. The summed E-state index contributed by atoms with van der Waals surface area (Å²) in [6.07, 6.45) is -1.78. The van der Waals surface area contributed by atoms with Crippen LogP contribution in [-0.4, -0.2) is 87.7 Å². The maximum absolute atomic E-state index is 12.8. The Morgan fingerprint density at radius 3 is 1.69 bits per heavy atom. The Kier molecular flexibility index (Phi) is 14.8. The molecular formula is C20H36N6O9. The number of carboxylic acid groups (broad SMARTS) is 2. The van der Waals surface area contributed by atoms with Gasteiger partial charge in [-0.05, 0) is 45.6 Å². The van der Waals surface area contributed by atoms with Crippen LogP contribution in [0.5, 0.6) is 0 Å². The van der Waals surface area contributed by atoms with E-state index >= 15 is 0 Å². The highest BCUT2D eigenvalue weighted by Crippen LogP contribution is 2.06. The van der Waals surface area contributed by atoms with Crippen LogP contribution in [0.1, 0.15) is 51.9 Å². The van der Waals surface area contributed by atoms with Gasteiger partial charge in [-0.2, -0.15) is 0 Å². The number of nitrogens with one attached hydrogen (secondary N) is 3. The number of unbranched alkanes of at least 4 members (excludes halogenated alkanes) is 1. The summed E-state index contributed by atoms with van der Waals surface area (Å²) in [6.45, 7) is 1.58. The number of aliphatic hydroxyl groups excluding tert-OH is 1. The van der Waals surface area contributed by atoms with E-state index in [2.05, 4.69) is 16.0 Å².